The summed E-state index contributed by atoms with van der Waals surface area (Å²) in [7, 11) is -3.63. The van der Waals surface area contributed by atoms with Crippen LogP contribution >= 0.6 is 0 Å². The molecule has 0 radical (unpaired) electrons. The number of nitrogens with one attached hydrogen (secondary N) is 2. The highest BCUT2D eigenvalue weighted by molar-refractivity contribution is 7.89. The quantitative estimate of drug-likeness (QED) is 0.548. The second kappa shape index (κ2) is 9.40. The lowest BCUT2D eigenvalue weighted by molar-refractivity contribution is -0.120. The molecule has 0 saturated carbocycles. The summed E-state index contributed by atoms with van der Waals surface area (Å²) in [6.45, 7) is 7.14. The molecule has 160 valence electrons. The molecule has 7 nitrogen and oxygen atoms in total. The number of aromatic nitrogens is 2. The van der Waals surface area contributed by atoms with Gasteiger partial charge in [-0.3, -0.25) is 4.79 Å². The maximum absolute atomic E-state index is 12.4. The van der Waals surface area contributed by atoms with E-state index in [-0.39, 0.29) is 23.8 Å². The molecule has 30 heavy (non-hydrogen) atoms. The Labute approximate surface area is 177 Å². The number of carbonyl (C=O) groups is 1. The largest absolute Gasteiger partial charge is 0.354 e. The van der Waals surface area contributed by atoms with Gasteiger partial charge in [-0.05, 0) is 42.7 Å². The molecule has 3 aromatic rings. The van der Waals surface area contributed by atoms with Crippen molar-refractivity contribution >= 4 is 27.0 Å². The number of amides is 1. The highest BCUT2D eigenvalue weighted by atomic mass is 32.2. The van der Waals surface area contributed by atoms with E-state index in [2.05, 4.69) is 33.4 Å². The summed E-state index contributed by atoms with van der Waals surface area (Å²) in [6.07, 6.45) is 0.0764. The Morgan fingerprint density at radius 3 is 2.47 bits per heavy atom. The molecule has 0 aliphatic rings. The summed E-state index contributed by atoms with van der Waals surface area (Å²) < 4.78 is 29.3. The monoisotopic (exact) mass is 428 g/mol. The van der Waals surface area contributed by atoms with E-state index in [4.69, 9.17) is 0 Å². The van der Waals surface area contributed by atoms with Crippen molar-refractivity contribution in [3.63, 3.8) is 0 Å². The van der Waals surface area contributed by atoms with Gasteiger partial charge in [0, 0.05) is 26.1 Å². The van der Waals surface area contributed by atoms with Crippen LogP contribution in [0.15, 0.2) is 53.4 Å². The van der Waals surface area contributed by atoms with Gasteiger partial charge in [-0.2, -0.15) is 0 Å². The summed E-state index contributed by atoms with van der Waals surface area (Å²) in [6, 6.07) is 14.7. The molecule has 1 aromatic heterocycles. The third kappa shape index (κ3) is 5.25. The van der Waals surface area contributed by atoms with Crippen molar-refractivity contribution in [2.45, 2.75) is 44.6 Å². The molecular formula is C22H28N4O3S. The van der Waals surface area contributed by atoms with Gasteiger partial charge in [0.25, 0.3) is 0 Å². The molecule has 0 aliphatic heterocycles. The van der Waals surface area contributed by atoms with Gasteiger partial charge in [0.2, 0.25) is 15.9 Å². The SMILES string of the molecule is Cc1nc2ccccc2n1CCNC(=O)CCNS(=O)(=O)c1ccc(C(C)C)cc1. The van der Waals surface area contributed by atoms with Gasteiger partial charge < -0.3 is 9.88 Å². The number of hydrogen-bond donors (Lipinski definition) is 2. The smallest absolute Gasteiger partial charge is 0.240 e. The first kappa shape index (κ1) is 22.0. The molecule has 2 aromatic carbocycles. The van der Waals surface area contributed by atoms with Crippen molar-refractivity contribution in [2.24, 2.45) is 0 Å². The van der Waals surface area contributed by atoms with E-state index in [0.717, 1.165) is 22.4 Å². The highest BCUT2D eigenvalue weighted by Crippen LogP contribution is 2.17. The topological polar surface area (TPSA) is 93.1 Å². The number of benzene rings is 2. The second-order valence-electron chi connectivity index (χ2n) is 7.52. The molecule has 0 atom stereocenters. The van der Waals surface area contributed by atoms with E-state index in [1.54, 1.807) is 12.1 Å². The molecule has 2 N–H and O–H groups in total. The first-order valence-electron chi connectivity index (χ1n) is 10.1. The highest BCUT2D eigenvalue weighted by Gasteiger charge is 2.14. The Bertz CT molecular complexity index is 1120. The molecule has 0 bridgehead atoms. The Kier molecular flexibility index (Phi) is 6.89. The maximum Gasteiger partial charge on any atom is 0.240 e. The van der Waals surface area contributed by atoms with E-state index in [0.29, 0.717) is 19.0 Å². The van der Waals surface area contributed by atoms with Crippen molar-refractivity contribution in [3.8, 4) is 0 Å². The van der Waals surface area contributed by atoms with Gasteiger partial charge in [0.1, 0.15) is 5.82 Å². The van der Waals surface area contributed by atoms with Crippen LogP contribution < -0.4 is 10.0 Å². The number of fused-ring (bicyclic) bond motifs is 1. The van der Waals surface area contributed by atoms with Crippen molar-refractivity contribution in [1.29, 1.82) is 0 Å². The molecule has 8 heteroatoms. The summed E-state index contributed by atoms with van der Waals surface area (Å²) in [5.41, 5.74) is 3.03. The zero-order chi connectivity index (χ0) is 21.7. The lowest BCUT2D eigenvalue weighted by atomic mass is 10.0. The summed E-state index contributed by atoms with van der Waals surface area (Å²) in [4.78, 5) is 16.8. The van der Waals surface area contributed by atoms with E-state index < -0.39 is 10.0 Å². The number of para-hydroxylation sites is 2. The Morgan fingerprint density at radius 2 is 1.77 bits per heavy atom. The molecule has 0 fully saturated rings. The number of nitrogens with zero attached hydrogens (tertiary/aromatic N) is 2. The number of carbonyl (C=O) groups excluding carboxylic acids is 1. The normalized spacial score (nSPS) is 11.9. The molecule has 0 saturated heterocycles. The summed E-state index contributed by atoms with van der Waals surface area (Å²) in [5.74, 6) is 1.03. The third-order valence-corrected chi connectivity index (χ3v) is 6.48. The molecule has 3 rings (SSSR count). The fraction of sp³-hybridized carbons (Fsp3) is 0.364. The minimum absolute atomic E-state index is 0.0487. The minimum Gasteiger partial charge on any atom is -0.354 e. The number of aryl methyl sites for hydroxylation is 1. The molecule has 0 unspecified atom stereocenters. The Hall–Kier alpha value is -2.71. The zero-order valence-corrected chi connectivity index (χ0v) is 18.4. The van der Waals surface area contributed by atoms with Crippen LogP contribution in [0.5, 0.6) is 0 Å². The standard InChI is InChI=1S/C22H28N4O3S/c1-16(2)18-8-10-19(11-9-18)30(28,29)24-13-12-22(27)23-14-15-26-17(3)25-20-6-4-5-7-21(20)26/h4-11,16,24H,12-15H2,1-3H3,(H,23,27). The molecule has 0 aliphatic carbocycles. The lowest BCUT2D eigenvalue weighted by Crippen LogP contribution is -2.32. The maximum atomic E-state index is 12.4. The number of rotatable bonds is 9. The van der Waals surface area contributed by atoms with Gasteiger partial charge in [-0.15, -0.1) is 0 Å². The lowest BCUT2D eigenvalue weighted by Gasteiger charge is -2.10. The fourth-order valence-corrected chi connectivity index (χ4v) is 4.32. The van der Waals surface area contributed by atoms with Crippen LogP contribution in [-0.4, -0.2) is 37.0 Å². The van der Waals surface area contributed by atoms with Crippen molar-refractivity contribution in [1.82, 2.24) is 19.6 Å². The van der Waals surface area contributed by atoms with Crippen LogP contribution in [0.25, 0.3) is 11.0 Å². The predicted molar refractivity (Wildman–Crippen MR) is 118 cm³/mol. The molecule has 1 heterocycles. The van der Waals surface area contributed by atoms with Crippen molar-refractivity contribution in [2.75, 3.05) is 13.1 Å². The first-order chi connectivity index (χ1) is 14.3. The van der Waals surface area contributed by atoms with Crippen LogP contribution in [0.2, 0.25) is 0 Å². The third-order valence-electron chi connectivity index (χ3n) is 5.00. The number of imidazole rings is 1. The molecule has 0 spiro atoms. The average Bonchev–Trinajstić information content (AvgIpc) is 3.03. The van der Waals surface area contributed by atoms with Crippen LogP contribution in [0, 0.1) is 6.92 Å². The first-order valence-corrected chi connectivity index (χ1v) is 11.5. The number of hydrogen-bond acceptors (Lipinski definition) is 4. The van der Waals surface area contributed by atoms with Crippen LogP contribution in [-0.2, 0) is 21.4 Å². The van der Waals surface area contributed by atoms with Crippen molar-refractivity contribution < 1.29 is 13.2 Å². The minimum atomic E-state index is -3.63. The summed E-state index contributed by atoms with van der Waals surface area (Å²) in [5, 5.41) is 2.84. The van der Waals surface area contributed by atoms with Gasteiger partial charge >= 0.3 is 0 Å². The fourth-order valence-electron chi connectivity index (χ4n) is 3.29. The van der Waals surface area contributed by atoms with E-state index in [1.807, 2.05) is 43.3 Å². The molecular weight excluding hydrogens is 400 g/mol. The second-order valence-corrected chi connectivity index (χ2v) is 9.29. The average molecular weight is 429 g/mol. The van der Waals surface area contributed by atoms with E-state index in [1.165, 1.54) is 0 Å². The molecule has 1 amide bonds. The van der Waals surface area contributed by atoms with Crippen molar-refractivity contribution in [3.05, 3.63) is 59.9 Å². The van der Waals surface area contributed by atoms with E-state index in [9.17, 15) is 13.2 Å². The van der Waals surface area contributed by atoms with Gasteiger partial charge in [0.15, 0.2) is 0 Å². The summed E-state index contributed by atoms with van der Waals surface area (Å²) >= 11 is 0. The Morgan fingerprint density at radius 1 is 1.07 bits per heavy atom. The van der Waals surface area contributed by atoms with Crippen LogP contribution in [0.4, 0.5) is 0 Å². The predicted octanol–water partition coefficient (Wildman–Crippen LogP) is 2.95. The van der Waals surface area contributed by atoms with Crippen LogP contribution in [0.1, 0.15) is 37.6 Å². The van der Waals surface area contributed by atoms with Gasteiger partial charge in [-0.1, -0.05) is 38.1 Å². The van der Waals surface area contributed by atoms with Gasteiger partial charge in [-0.25, -0.2) is 18.1 Å². The van der Waals surface area contributed by atoms with Crippen LogP contribution in [0.3, 0.4) is 0 Å². The van der Waals surface area contributed by atoms with Gasteiger partial charge in [0.05, 0.1) is 15.9 Å². The number of sulfonamides is 1. The Balaban J connectivity index is 1.46. The van der Waals surface area contributed by atoms with E-state index >= 15 is 0 Å². The zero-order valence-electron chi connectivity index (χ0n) is 17.6.